The second-order valence-electron chi connectivity index (χ2n) is 4.13. The van der Waals surface area contributed by atoms with Crippen LogP contribution in [-0.4, -0.2) is 29.5 Å². The van der Waals surface area contributed by atoms with E-state index in [9.17, 15) is 18.0 Å². The number of aromatic carboxylic acids is 1. The van der Waals surface area contributed by atoms with Gasteiger partial charge < -0.3 is 14.6 Å². The Morgan fingerprint density at radius 2 is 1.95 bits per heavy atom. The zero-order valence-electron chi connectivity index (χ0n) is 11.2. The van der Waals surface area contributed by atoms with Gasteiger partial charge in [0.1, 0.15) is 11.3 Å². The standard InChI is InChI=1S/C14H10F3NO4/c1-21-12-10(13(19)20)6-8(7-18-12)9-4-2-3-5-11(9)22-14(15,16)17/h2-7H,1H3,(H,19,20). The van der Waals surface area contributed by atoms with Crippen LogP contribution in [0.3, 0.4) is 0 Å². The molecule has 1 aromatic heterocycles. The van der Waals surface area contributed by atoms with E-state index in [0.717, 1.165) is 6.07 Å². The molecule has 0 unspecified atom stereocenters. The van der Waals surface area contributed by atoms with Crippen molar-refractivity contribution < 1.29 is 32.5 Å². The van der Waals surface area contributed by atoms with Crippen molar-refractivity contribution in [2.45, 2.75) is 6.36 Å². The molecule has 5 nitrogen and oxygen atoms in total. The summed E-state index contributed by atoms with van der Waals surface area (Å²) in [5.41, 5.74) is -0.0302. The van der Waals surface area contributed by atoms with Gasteiger partial charge in [-0.3, -0.25) is 0 Å². The first-order valence-corrected chi connectivity index (χ1v) is 5.94. The fraction of sp³-hybridized carbons (Fsp3) is 0.143. The van der Waals surface area contributed by atoms with Crippen LogP contribution in [0, 0.1) is 0 Å². The first-order chi connectivity index (χ1) is 10.3. The van der Waals surface area contributed by atoms with Crippen molar-refractivity contribution in [3.8, 4) is 22.8 Å². The van der Waals surface area contributed by atoms with Gasteiger partial charge in [0.05, 0.1) is 7.11 Å². The highest BCUT2D eigenvalue weighted by atomic mass is 19.4. The molecule has 22 heavy (non-hydrogen) atoms. The molecular formula is C14H10F3NO4. The number of benzene rings is 1. The van der Waals surface area contributed by atoms with Crippen molar-refractivity contribution in [2.24, 2.45) is 0 Å². The number of aromatic nitrogens is 1. The Balaban J connectivity index is 2.53. The summed E-state index contributed by atoms with van der Waals surface area (Å²) < 4.78 is 46.0. The second-order valence-corrected chi connectivity index (χ2v) is 4.13. The van der Waals surface area contributed by atoms with Crippen molar-refractivity contribution in [1.29, 1.82) is 0 Å². The van der Waals surface area contributed by atoms with Gasteiger partial charge in [0.15, 0.2) is 0 Å². The average molecular weight is 313 g/mol. The van der Waals surface area contributed by atoms with E-state index in [-0.39, 0.29) is 22.6 Å². The van der Waals surface area contributed by atoms with Gasteiger partial charge in [0, 0.05) is 17.3 Å². The molecule has 0 aliphatic carbocycles. The van der Waals surface area contributed by atoms with Gasteiger partial charge >= 0.3 is 12.3 Å². The summed E-state index contributed by atoms with van der Waals surface area (Å²) in [4.78, 5) is 14.9. The fourth-order valence-corrected chi connectivity index (χ4v) is 1.83. The molecule has 0 aliphatic rings. The number of ether oxygens (including phenoxy) is 2. The van der Waals surface area contributed by atoms with E-state index < -0.39 is 18.1 Å². The van der Waals surface area contributed by atoms with Gasteiger partial charge in [-0.15, -0.1) is 13.2 Å². The maximum absolute atomic E-state index is 12.4. The third-order valence-corrected chi connectivity index (χ3v) is 2.70. The van der Waals surface area contributed by atoms with Crippen LogP contribution in [0.4, 0.5) is 13.2 Å². The molecule has 0 bridgehead atoms. The summed E-state index contributed by atoms with van der Waals surface area (Å²) in [6, 6.07) is 6.55. The zero-order chi connectivity index (χ0) is 16.3. The van der Waals surface area contributed by atoms with Crippen LogP contribution in [0.5, 0.6) is 11.6 Å². The highest BCUT2D eigenvalue weighted by molar-refractivity contribution is 5.92. The Bertz CT molecular complexity index is 701. The molecule has 0 fully saturated rings. The third kappa shape index (κ3) is 3.46. The van der Waals surface area contributed by atoms with E-state index in [0.29, 0.717) is 0 Å². The van der Waals surface area contributed by atoms with Crippen molar-refractivity contribution >= 4 is 5.97 Å². The lowest BCUT2D eigenvalue weighted by atomic mass is 10.0. The molecule has 0 aliphatic heterocycles. The van der Waals surface area contributed by atoms with Gasteiger partial charge in [-0.2, -0.15) is 0 Å². The summed E-state index contributed by atoms with van der Waals surface area (Å²) in [5.74, 6) is -1.89. The van der Waals surface area contributed by atoms with Gasteiger partial charge in [0.2, 0.25) is 5.88 Å². The first-order valence-electron chi connectivity index (χ1n) is 5.94. The lowest BCUT2D eigenvalue weighted by Gasteiger charge is -2.13. The molecule has 0 amide bonds. The molecule has 116 valence electrons. The molecule has 0 spiro atoms. The largest absolute Gasteiger partial charge is 0.573 e. The summed E-state index contributed by atoms with van der Waals surface area (Å²) in [5, 5.41) is 9.09. The minimum Gasteiger partial charge on any atom is -0.480 e. The number of halogens is 3. The lowest BCUT2D eigenvalue weighted by molar-refractivity contribution is -0.274. The Hall–Kier alpha value is -2.77. The molecule has 0 saturated carbocycles. The minimum absolute atomic E-state index is 0.0671. The van der Waals surface area contributed by atoms with Crippen molar-refractivity contribution in [1.82, 2.24) is 4.98 Å². The van der Waals surface area contributed by atoms with Gasteiger partial charge in [-0.05, 0) is 12.1 Å². The molecule has 0 saturated heterocycles. The maximum Gasteiger partial charge on any atom is 0.573 e. The van der Waals surface area contributed by atoms with Crippen LogP contribution in [0.15, 0.2) is 36.5 Å². The Labute approximate surface area is 122 Å². The number of carboxylic acid groups (broad SMARTS) is 1. The highest BCUT2D eigenvalue weighted by Gasteiger charge is 2.32. The molecular weight excluding hydrogens is 303 g/mol. The van der Waals surface area contributed by atoms with Crippen LogP contribution in [-0.2, 0) is 0 Å². The Kier molecular flexibility index (Phi) is 4.20. The van der Waals surface area contributed by atoms with E-state index in [1.165, 1.54) is 37.6 Å². The number of para-hydroxylation sites is 1. The van der Waals surface area contributed by atoms with Crippen LogP contribution in [0.25, 0.3) is 11.1 Å². The number of hydrogen-bond acceptors (Lipinski definition) is 4. The lowest BCUT2D eigenvalue weighted by Crippen LogP contribution is -2.17. The van der Waals surface area contributed by atoms with Crippen LogP contribution < -0.4 is 9.47 Å². The second kappa shape index (κ2) is 5.92. The molecule has 2 aromatic rings. The monoisotopic (exact) mass is 313 g/mol. The number of hydrogen-bond donors (Lipinski definition) is 1. The Morgan fingerprint density at radius 1 is 1.27 bits per heavy atom. The SMILES string of the molecule is COc1ncc(-c2ccccc2OC(F)(F)F)cc1C(=O)O. The molecule has 8 heteroatoms. The molecule has 2 rings (SSSR count). The van der Waals surface area contributed by atoms with E-state index in [1.807, 2.05) is 0 Å². The van der Waals surface area contributed by atoms with Crippen LogP contribution in [0.2, 0.25) is 0 Å². The summed E-state index contributed by atoms with van der Waals surface area (Å²) in [6.07, 6.45) is -3.64. The maximum atomic E-state index is 12.4. The molecule has 0 atom stereocenters. The zero-order valence-corrected chi connectivity index (χ0v) is 11.2. The van der Waals surface area contributed by atoms with Crippen LogP contribution >= 0.6 is 0 Å². The van der Waals surface area contributed by atoms with Crippen LogP contribution in [0.1, 0.15) is 10.4 Å². The fourth-order valence-electron chi connectivity index (χ4n) is 1.83. The minimum atomic E-state index is -4.86. The topological polar surface area (TPSA) is 68.7 Å². The number of rotatable bonds is 4. The van der Waals surface area contributed by atoms with Crippen molar-refractivity contribution in [2.75, 3.05) is 7.11 Å². The third-order valence-electron chi connectivity index (χ3n) is 2.70. The van der Waals surface area contributed by atoms with E-state index in [1.54, 1.807) is 0 Å². The number of carboxylic acids is 1. The molecule has 1 aromatic carbocycles. The summed E-state index contributed by atoms with van der Waals surface area (Å²) in [6.45, 7) is 0. The molecule has 1 N–H and O–H groups in total. The number of pyridine rings is 1. The quantitative estimate of drug-likeness (QED) is 0.937. The van der Waals surface area contributed by atoms with Gasteiger partial charge in [-0.25, -0.2) is 9.78 Å². The number of alkyl halides is 3. The van der Waals surface area contributed by atoms with Gasteiger partial charge in [0.25, 0.3) is 0 Å². The Morgan fingerprint density at radius 3 is 2.55 bits per heavy atom. The van der Waals surface area contributed by atoms with Crippen molar-refractivity contribution in [3.63, 3.8) is 0 Å². The number of methoxy groups -OCH3 is 1. The van der Waals surface area contributed by atoms with Crippen molar-refractivity contribution in [3.05, 3.63) is 42.1 Å². The van der Waals surface area contributed by atoms with E-state index in [4.69, 9.17) is 9.84 Å². The van der Waals surface area contributed by atoms with E-state index >= 15 is 0 Å². The summed E-state index contributed by atoms with van der Waals surface area (Å²) >= 11 is 0. The summed E-state index contributed by atoms with van der Waals surface area (Å²) in [7, 11) is 1.25. The predicted octanol–water partition coefficient (Wildman–Crippen LogP) is 3.35. The van der Waals surface area contributed by atoms with E-state index in [2.05, 4.69) is 9.72 Å². The smallest absolute Gasteiger partial charge is 0.480 e. The predicted molar refractivity (Wildman–Crippen MR) is 69.9 cm³/mol. The normalized spacial score (nSPS) is 11.1. The molecule has 1 heterocycles. The van der Waals surface area contributed by atoms with Gasteiger partial charge in [-0.1, -0.05) is 18.2 Å². The number of nitrogens with zero attached hydrogens (tertiary/aromatic N) is 1. The average Bonchev–Trinajstić information content (AvgIpc) is 2.45. The molecule has 0 radical (unpaired) electrons. The highest BCUT2D eigenvalue weighted by Crippen LogP contribution is 2.34. The number of carbonyl (C=O) groups is 1. The first kappa shape index (κ1) is 15.6.